The van der Waals surface area contributed by atoms with E-state index in [-0.39, 0.29) is 17.7 Å². The summed E-state index contributed by atoms with van der Waals surface area (Å²) in [6.07, 6.45) is 0. The van der Waals surface area contributed by atoms with Crippen molar-refractivity contribution in [1.82, 2.24) is 0 Å². The van der Waals surface area contributed by atoms with Crippen LogP contribution in [0.1, 0.15) is 31.8 Å². The number of rotatable bonds is 4. The SMILES string of the molecule is COc1cc2c(cc1CO)C(=O)N(c1cccc(-c3ccccc3)c1C)C2=O. The first-order valence-electron chi connectivity index (χ1n) is 8.92. The maximum Gasteiger partial charge on any atom is 0.266 e. The van der Waals surface area contributed by atoms with Crippen LogP contribution in [0.2, 0.25) is 0 Å². The van der Waals surface area contributed by atoms with Gasteiger partial charge in [-0.05, 0) is 41.8 Å². The molecular formula is C23H19NO4. The summed E-state index contributed by atoms with van der Waals surface area (Å²) in [5.74, 6) is -0.402. The fourth-order valence-electron chi connectivity index (χ4n) is 3.64. The molecule has 2 amide bonds. The van der Waals surface area contributed by atoms with E-state index in [9.17, 15) is 14.7 Å². The number of benzene rings is 3. The molecule has 5 nitrogen and oxygen atoms in total. The van der Waals surface area contributed by atoms with E-state index >= 15 is 0 Å². The molecule has 140 valence electrons. The number of amides is 2. The van der Waals surface area contributed by atoms with Gasteiger partial charge in [0.05, 0.1) is 30.5 Å². The van der Waals surface area contributed by atoms with Crippen LogP contribution in [-0.2, 0) is 6.61 Å². The van der Waals surface area contributed by atoms with Gasteiger partial charge in [-0.15, -0.1) is 0 Å². The number of ether oxygens (including phenoxy) is 1. The van der Waals surface area contributed by atoms with Gasteiger partial charge in [-0.1, -0.05) is 42.5 Å². The summed E-state index contributed by atoms with van der Waals surface area (Å²) in [6, 6.07) is 18.5. The number of anilines is 1. The second-order valence-electron chi connectivity index (χ2n) is 6.63. The minimum atomic E-state index is -0.398. The average Bonchev–Trinajstić information content (AvgIpc) is 2.97. The average molecular weight is 373 g/mol. The number of imide groups is 1. The highest BCUT2D eigenvalue weighted by Gasteiger charge is 2.38. The van der Waals surface area contributed by atoms with Gasteiger partial charge in [0.1, 0.15) is 5.75 Å². The molecule has 0 saturated carbocycles. The number of hydrogen-bond donors (Lipinski definition) is 1. The van der Waals surface area contributed by atoms with Gasteiger partial charge in [0.25, 0.3) is 11.8 Å². The Kier molecular flexibility index (Phi) is 4.45. The van der Waals surface area contributed by atoms with Crippen molar-refractivity contribution in [2.24, 2.45) is 0 Å². The van der Waals surface area contributed by atoms with Crippen LogP contribution < -0.4 is 9.64 Å². The fourth-order valence-corrected chi connectivity index (χ4v) is 3.64. The molecule has 0 atom stereocenters. The zero-order valence-corrected chi connectivity index (χ0v) is 15.6. The lowest BCUT2D eigenvalue weighted by atomic mass is 9.99. The van der Waals surface area contributed by atoms with Crippen LogP contribution in [0.3, 0.4) is 0 Å². The van der Waals surface area contributed by atoms with Crippen LogP contribution in [0.4, 0.5) is 5.69 Å². The number of carbonyl (C=O) groups excluding carboxylic acids is 2. The highest BCUT2D eigenvalue weighted by Crippen LogP contribution is 2.37. The number of fused-ring (bicyclic) bond motifs is 1. The van der Waals surface area contributed by atoms with Crippen molar-refractivity contribution < 1.29 is 19.4 Å². The molecule has 0 spiro atoms. The van der Waals surface area contributed by atoms with Crippen molar-refractivity contribution in [2.75, 3.05) is 12.0 Å². The fraction of sp³-hybridized carbons (Fsp3) is 0.130. The van der Waals surface area contributed by atoms with E-state index in [2.05, 4.69) is 0 Å². The molecule has 3 aromatic carbocycles. The van der Waals surface area contributed by atoms with Gasteiger partial charge in [0, 0.05) is 5.56 Å². The van der Waals surface area contributed by atoms with Gasteiger partial charge in [0.2, 0.25) is 0 Å². The van der Waals surface area contributed by atoms with Crippen molar-refractivity contribution in [2.45, 2.75) is 13.5 Å². The molecule has 0 fully saturated rings. The summed E-state index contributed by atoms with van der Waals surface area (Å²) in [5, 5.41) is 9.53. The molecule has 0 aromatic heterocycles. The van der Waals surface area contributed by atoms with E-state index in [4.69, 9.17) is 4.74 Å². The number of nitrogens with zero attached hydrogens (tertiary/aromatic N) is 1. The van der Waals surface area contributed by atoms with Crippen LogP contribution in [0.5, 0.6) is 5.75 Å². The molecule has 0 aliphatic carbocycles. The van der Waals surface area contributed by atoms with Crippen molar-refractivity contribution in [3.8, 4) is 16.9 Å². The highest BCUT2D eigenvalue weighted by atomic mass is 16.5. The molecule has 1 aliphatic rings. The van der Waals surface area contributed by atoms with Crippen LogP contribution in [0.25, 0.3) is 11.1 Å². The molecule has 3 aromatic rings. The molecular weight excluding hydrogens is 354 g/mol. The van der Waals surface area contributed by atoms with Gasteiger partial charge in [-0.2, -0.15) is 0 Å². The maximum atomic E-state index is 13.1. The minimum absolute atomic E-state index is 0.277. The highest BCUT2D eigenvalue weighted by molar-refractivity contribution is 6.35. The Morgan fingerprint density at radius 2 is 1.57 bits per heavy atom. The molecule has 0 bridgehead atoms. The monoisotopic (exact) mass is 373 g/mol. The van der Waals surface area contributed by atoms with E-state index in [1.807, 2.05) is 49.4 Å². The normalized spacial score (nSPS) is 13.0. The predicted octanol–water partition coefficient (Wildman–Crippen LogP) is 3.96. The van der Waals surface area contributed by atoms with Gasteiger partial charge in [0.15, 0.2) is 0 Å². The van der Waals surface area contributed by atoms with Gasteiger partial charge < -0.3 is 9.84 Å². The molecule has 0 saturated heterocycles. The smallest absolute Gasteiger partial charge is 0.266 e. The molecule has 1 N–H and O–H groups in total. The molecule has 0 unspecified atom stereocenters. The number of aliphatic hydroxyl groups is 1. The molecule has 0 radical (unpaired) electrons. The zero-order chi connectivity index (χ0) is 19.8. The molecule has 1 heterocycles. The quantitative estimate of drug-likeness (QED) is 0.703. The largest absolute Gasteiger partial charge is 0.496 e. The summed E-state index contributed by atoms with van der Waals surface area (Å²) in [7, 11) is 1.47. The summed E-state index contributed by atoms with van der Waals surface area (Å²) in [5.41, 5.74) is 4.41. The summed E-state index contributed by atoms with van der Waals surface area (Å²) in [4.78, 5) is 27.3. The van der Waals surface area contributed by atoms with E-state index in [0.29, 0.717) is 17.0 Å². The Bertz CT molecular complexity index is 1050. The Balaban J connectivity index is 1.83. The molecule has 5 heteroatoms. The van der Waals surface area contributed by atoms with Crippen molar-refractivity contribution in [3.63, 3.8) is 0 Å². The van der Waals surface area contributed by atoms with Gasteiger partial charge >= 0.3 is 0 Å². The van der Waals surface area contributed by atoms with E-state index < -0.39 is 11.8 Å². The predicted molar refractivity (Wildman–Crippen MR) is 107 cm³/mol. The van der Waals surface area contributed by atoms with Crippen LogP contribution in [0, 0.1) is 6.92 Å². The first kappa shape index (κ1) is 17.9. The van der Waals surface area contributed by atoms with E-state index in [1.165, 1.54) is 24.1 Å². The lowest BCUT2D eigenvalue weighted by molar-refractivity contribution is 0.0926. The molecule has 4 rings (SSSR count). The van der Waals surface area contributed by atoms with Crippen molar-refractivity contribution >= 4 is 17.5 Å². The second kappa shape index (κ2) is 6.94. The minimum Gasteiger partial charge on any atom is -0.496 e. The first-order chi connectivity index (χ1) is 13.6. The maximum absolute atomic E-state index is 13.1. The summed E-state index contributed by atoms with van der Waals surface area (Å²) in [6.45, 7) is 1.63. The standard InChI is InChI=1S/C23H19NO4/c1-14-17(15-7-4-3-5-8-15)9-6-10-20(14)24-22(26)18-11-16(13-25)21(28-2)12-19(18)23(24)27/h3-12,25H,13H2,1-2H3. The Morgan fingerprint density at radius 3 is 2.21 bits per heavy atom. The third-order valence-electron chi connectivity index (χ3n) is 5.09. The Hall–Kier alpha value is -3.44. The lowest BCUT2D eigenvalue weighted by Gasteiger charge is -2.19. The van der Waals surface area contributed by atoms with E-state index in [1.54, 1.807) is 6.07 Å². The summed E-state index contributed by atoms with van der Waals surface area (Å²) >= 11 is 0. The van der Waals surface area contributed by atoms with E-state index in [0.717, 1.165) is 16.7 Å². The van der Waals surface area contributed by atoms with Crippen LogP contribution >= 0.6 is 0 Å². The number of methoxy groups -OCH3 is 1. The third kappa shape index (κ3) is 2.68. The van der Waals surface area contributed by atoms with Crippen LogP contribution in [0.15, 0.2) is 60.7 Å². The summed E-state index contributed by atoms with van der Waals surface area (Å²) < 4.78 is 5.24. The lowest BCUT2D eigenvalue weighted by Crippen LogP contribution is -2.30. The molecule has 28 heavy (non-hydrogen) atoms. The van der Waals surface area contributed by atoms with Gasteiger partial charge in [-0.25, -0.2) is 4.90 Å². The zero-order valence-electron chi connectivity index (χ0n) is 15.6. The topological polar surface area (TPSA) is 66.8 Å². The van der Waals surface area contributed by atoms with Gasteiger partial charge in [-0.3, -0.25) is 9.59 Å². The second-order valence-corrected chi connectivity index (χ2v) is 6.63. The third-order valence-corrected chi connectivity index (χ3v) is 5.09. The van der Waals surface area contributed by atoms with Crippen molar-refractivity contribution in [1.29, 1.82) is 0 Å². The van der Waals surface area contributed by atoms with Crippen LogP contribution in [-0.4, -0.2) is 24.0 Å². The number of hydrogen-bond acceptors (Lipinski definition) is 4. The molecule has 1 aliphatic heterocycles. The number of carbonyl (C=O) groups is 2. The first-order valence-corrected chi connectivity index (χ1v) is 8.92. The number of aliphatic hydroxyl groups excluding tert-OH is 1. The Morgan fingerprint density at radius 1 is 0.893 bits per heavy atom. The van der Waals surface area contributed by atoms with Crippen molar-refractivity contribution in [3.05, 3.63) is 82.9 Å². The Labute approximate surface area is 162 Å².